The second kappa shape index (κ2) is 7.63. The van der Waals surface area contributed by atoms with Crippen LogP contribution in [0.2, 0.25) is 0 Å². The molecular weight excluding hydrogens is 320 g/mol. The lowest BCUT2D eigenvalue weighted by Gasteiger charge is -2.13. The van der Waals surface area contributed by atoms with Gasteiger partial charge < -0.3 is 19.5 Å². The van der Waals surface area contributed by atoms with Crippen molar-refractivity contribution in [2.45, 2.75) is 13.5 Å². The highest BCUT2D eigenvalue weighted by atomic mass is 19.3. The van der Waals surface area contributed by atoms with Crippen LogP contribution >= 0.6 is 0 Å². The molecule has 0 aliphatic carbocycles. The number of aryl methyl sites for hydroxylation is 1. The summed E-state index contributed by atoms with van der Waals surface area (Å²) in [7, 11) is 2.87. The van der Waals surface area contributed by atoms with Crippen LogP contribution < -0.4 is 19.5 Å². The lowest BCUT2D eigenvalue weighted by Crippen LogP contribution is -2.13. The number of carbonyl (C=O) groups excluding carboxylic acids is 1. The summed E-state index contributed by atoms with van der Waals surface area (Å²) in [5.74, 6) is 0.199. The standard InChI is InChI=1S/C17H17F2NO4/c1-10-8-12(22-2)5-6-13(10)20-16(21)11-4-7-14(24-17(18)19)15(9-11)23-3/h4-9,17H,1-3H3,(H,20,21). The average molecular weight is 337 g/mol. The zero-order valence-corrected chi connectivity index (χ0v) is 13.4. The summed E-state index contributed by atoms with van der Waals surface area (Å²) in [6.07, 6.45) is 0. The summed E-state index contributed by atoms with van der Waals surface area (Å²) in [6, 6.07) is 9.22. The third kappa shape index (κ3) is 4.13. The number of ether oxygens (including phenoxy) is 3. The highest BCUT2D eigenvalue weighted by Gasteiger charge is 2.15. The Bertz CT molecular complexity index is 735. The number of anilines is 1. The molecule has 7 heteroatoms. The number of rotatable bonds is 6. The number of hydrogen-bond donors (Lipinski definition) is 1. The van der Waals surface area contributed by atoms with Crippen molar-refractivity contribution in [1.82, 2.24) is 0 Å². The highest BCUT2D eigenvalue weighted by Crippen LogP contribution is 2.30. The van der Waals surface area contributed by atoms with E-state index in [0.29, 0.717) is 11.4 Å². The number of hydrogen-bond acceptors (Lipinski definition) is 4. The van der Waals surface area contributed by atoms with Gasteiger partial charge in [0.05, 0.1) is 14.2 Å². The molecule has 0 unspecified atom stereocenters. The molecule has 0 fully saturated rings. The van der Waals surface area contributed by atoms with E-state index in [0.717, 1.165) is 5.56 Å². The van der Waals surface area contributed by atoms with E-state index in [1.807, 2.05) is 6.92 Å². The summed E-state index contributed by atoms with van der Waals surface area (Å²) < 4.78 is 39.1. The van der Waals surface area contributed by atoms with Gasteiger partial charge in [0.1, 0.15) is 5.75 Å². The minimum Gasteiger partial charge on any atom is -0.497 e. The van der Waals surface area contributed by atoms with Gasteiger partial charge in [-0.15, -0.1) is 0 Å². The Balaban J connectivity index is 2.20. The van der Waals surface area contributed by atoms with Gasteiger partial charge in [0.25, 0.3) is 5.91 Å². The molecule has 0 radical (unpaired) electrons. The third-order valence-electron chi connectivity index (χ3n) is 3.32. The molecule has 2 aromatic rings. The topological polar surface area (TPSA) is 56.8 Å². The maximum atomic E-state index is 12.3. The fourth-order valence-electron chi connectivity index (χ4n) is 2.10. The zero-order valence-electron chi connectivity index (χ0n) is 13.4. The van der Waals surface area contributed by atoms with Gasteiger partial charge in [-0.1, -0.05) is 0 Å². The summed E-state index contributed by atoms with van der Waals surface area (Å²) in [6.45, 7) is -1.14. The van der Waals surface area contributed by atoms with Crippen LogP contribution in [-0.4, -0.2) is 26.7 Å². The Hall–Kier alpha value is -2.83. The second-order valence-corrected chi connectivity index (χ2v) is 4.88. The smallest absolute Gasteiger partial charge is 0.387 e. The lowest BCUT2D eigenvalue weighted by atomic mass is 10.1. The van der Waals surface area contributed by atoms with Crippen LogP contribution in [0.3, 0.4) is 0 Å². The Kier molecular flexibility index (Phi) is 5.57. The van der Waals surface area contributed by atoms with Crippen LogP contribution in [0, 0.1) is 6.92 Å². The Morgan fingerprint density at radius 3 is 2.38 bits per heavy atom. The van der Waals surface area contributed by atoms with E-state index < -0.39 is 12.5 Å². The van der Waals surface area contributed by atoms with Crippen LogP contribution in [0.4, 0.5) is 14.5 Å². The summed E-state index contributed by atoms with van der Waals surface area (Å²) in [4.78, 5) is 12.3. The largest absolute Gasteiger partial charge is 0.497 e. The highest BCUT2D eigenvalue weighted by molar-refractivity contribution is 6.05. The van der Waals surface area contributed by atoms with E-state index in [-0.39, 0.29) is 17.1 Å². The van der Waals surface area contributed by atoms with Gasteiger partial charge in [0.15, 0.2) is 11.5 Å². The van der Waals surface area contributed by atoms with Crippen molar-refractivity contribution < 1.29 is 27.8 Å². The minimum atomic E-state index is -2.97. The van der Waals surface area contributed by atoms with Gasteiger partial charge in [0, 0.05) is 11.3 Å². The Labute approximate surface area is 138 Å². The second-order valence-electron chi connectivity index (χ2n) is 4.88. The molecule has 0 heterocycles. The van der Waals surface area contributed by atoms with Crippen LogP contribution in [-0.2, 0) is 0 Å². The van der Waals surface area contributed by atoms with Crippen molar-refractivity contribution in [1.29, 1.82) is 0 Å². The first-order valence-corrected chi connectivity index (χ1v) is 7.03. The predicted octanol–water partition coefficient (Wildman–Crippen LogP) is 3.87. The van der Waals surface area contributed by atoms with Crippen LogP contribution in [0.15, 0.2) is 36.4 Å². The summed E-state index contributed by atoms with van der Waals surface area (Å²) in [5.41, 5.74) is 1.70. The van der Waals surface area contributed by atoms with Gasteiger partial charge >= 0.3 is 6.61 Å². The molecule has 24 heavy (non-hydrogen) atoms. The molecule has 1 N–H and O–H groups in total. The molecule has 0 saturated carbocycles. The van der Waals surface area contributed by atoms with E-state index in [4.69, 9.17) is 9.47 Å². The predicted molar refractivity (Wildman–Crippen MR) is 85.3 cm³/mol. The van der Waals surface area contributed by atoms with Crippen molar-refractivity contribution in [2.75, 3.05) is 19.5 Å². The number of halogens is 2. The number of benzene rings is 2. The van der Waals surface area contributed by atoms with Gasteiger partial charge in [-0.2, -0.15) is 8.78 Å². The molecule has 1 amide bonds. The van der Waals surface area contributed by atoms with E-state index in [9.17, 15) is 13.6 Å². The minimum absolute atomic E-state index is 0.0504. The molecule has 2 rings (SSSR count). The van der Waals surface area contributed by atoms with Crippen molar-refractivity contribution >= 4 is 11.6 Å². The lowest BCUT2D eigenvalue weighted by molar-refractivity contribution is -0.0512. The monoisotopic (exact) mass is 337 g/mol. The Morgan fingerprint density at radius 2 is 1.79 bits per heavy atom. The van der Waals surface area contributed by atoms with Crippen molar-refractivity contribution in [3.63, 3.8) is 0 Å². The molecule has 0 aliphatic rings. The number of alkyl halides is 2. The van der Waals surface area contributed by atoms with Gasteiger partial charge in [0.2, 0.25) is 0 Å². The van der Waals surface area contributed by atoms with E-state index in [1.165, 1.54) is 25.3 Å². The van der Waals surface area contributed by atoms with Crippen LogP contribution in [0.25, 0.3) is 0 Å². The molecule has 0 atom stereocenters. The summed E-state index contributed by atoms with van der Waals surface area (Å²) in [5, 5.41) is 2.75. The summed E-state index contributed by atoms with van der Waals surface area (Å²) >= 11 is 0. The average Bonchev–Trinajstić information content (AvgIpc) is 2.56. The van der Waals surface area contributed by atoms with Crippen LogP contribution in [0.1, 0.15) is 15.9 Å². The Morgan fingerprint density at radius 1 is 1.04 bits per heavy atom. The first-order chi connectivity index (χ1) is 11.4. The number of amides is 1. The molecule has 0 aromatic heterocycles. The SMILES string of the molecule is COc1ccc(NC(=O)c2ccc(OC(F)F)c(OC)c2)c(C)c1. The van der Waals surface area contributed by atoms with Crippen LogP contribution in [0.5, 0.6) is 17.2 Å². The fraction of sp³-hybridized carbons (Fsp3) is 0.235. The number of methoxy groups -OCH3 is 2. The van der Waals surface area contributed by atoms with Crippen molar-refractivity contribution in [2.24, 2.45) is 0 Å². The molecule has 0 bridgehead atoms. The van der Waals surface area contributed by atoms with E-state index in [2.05, 4.69) is 10.1 Å². The maximum Gasteiger partial charge on any atom is 0.387 e. The molecule has 5 nitrogen and oxygen atoms in total. The molecule has 0 aliphatic heterocycles. The molecule has 0 spiro atoms. The van der Waals surface area contributed by atoms with E-state index >= 15 is 0 Å². The molecule has 0 saturated heterocycles. The van der Waals surface area contributed by atoms with Gasteiger partial charge in [-0.3, -0.25) is 4.79 Å². The zero-order chi connectivity index (χ0) is 17.7. The molecular formula is C17H17F2NO4. The fourth-order valence-corrected chi connectivity index (χ4v) is 2.10. The van der Waals surface area contributed by atoms with Crippen molar-refractivity contribution in [3.05, 3.63) is 47.5 Å². The third-order valence-corrected chi connectivity index (χ3v) is 3.32. The van der Waals surface area contributed by atoms with Crippen molar-refractivity contribution in [3.8, 4) is 17.2 Å². The number of carbonyl (C=O) groups is 1. The number of nitrogens with one attached hydrogen (secondary N) is 1. The normalized spacial score (nSPS) is 10.4. The molecule has 128 valence electrons. The quantitative estimate of drug-likeness (QED) is 0.869. The first kappa shape index (κ1) is 17.5. The van der Waals surface area contributed by atoms with Gasteiger partial charge in [-0.05, 0) is 48.9 Å². The van der Waals surface area contributed by atoms with Gasteiger partial charge in [-0.25, -0.2) is 0 Å². The molecule has 2 aromatic carbocycles. The van der Waals surface area contributed by atoms with E-state index in [1.54, 1.807) is 25.3 Å². The maximum absolute atomic E-state index is 12.3. The first-order valence-electron chi connectivity index (χ1n) is 7.03.